The van der Waals surface area contributed by atoms with Crippen molar-refractivity contribution < 1.29 is 9.90 Å². The summed E-state index contributed by atoms with van der Waals surface area (Å²) in [5.74, 6) is -0.791. The van der Waals surface area contributed by atoms with Gasteiger partial charge in [0.1, 0.15) is 0 Å². The summed E-state index contributed by atoms with van der Waals surface area (Å²) in [5.41, 5.74) is 0.481. The number of aliphatic carboxylic acids is 1. The molecule has 0 atom stereocenters. The Kier molecular flexibility index (Phi) is 2.16. The molecule has 1 heterocycles. The smallest absolute Gasteiger partial charge is 0.330 e. The molecule has 0 saturated heterocycles. The maximum Gasteiger partial charge on any atom is 0.330 e. The molecule has 0 spiro atoms. The summed E-state index contributed by atoms with van der Waals surface area (Å²) in [4.78, 5) is 25.4. The molecule has 1 fully saturated rings. The van der Waals surface area contributed by atoms with Gasteiger partial charge in [-0.1, -0.05) is 12.1 Å². The molecule has 1 aliphatic carbocycles. The van der Waals surface area contributed by atoms with E-state index in [0.29, 0.717) is 18.5 Å². The third-order valence-electron chi connectivity index (χ3n) is 3.49. The van der Waals surface area contributed by atoms with E-state index < -0.39 is 11.4 Å². The molecule has 5 nitrogen and oxygen atoms in total. The van der Waals surface area contributed by atoms with Crippen LogP contribution in [0.15, 0.2) is 41.5 Å². The summed E-state index contributed by atoms with van der Waals surface area (Å²) in [6, 6.07) is 7.16. The van der Waals surface area contributed by atoms with Crippen LogP contribution in [0.1, 0.15) is 18.4 Å². The second-order valence-electron chi connectivity index (χ2n) is 4.57. The second kappa shape index (κ2) is 3.60. The highest BCUT2D eigenvalue weighted by atomic mass is 16.4. The fourth-order valence-electron chi connectivity index (χ4n) is 2.23. The average molecular weight is 244 g/mol. The Balaban J connectivity index is 2.08. The minimum atomic E-state index is -0.791. The van der Waals surface area contributed by atoms with Crippen LogP contribution in [0.4, 0.5) is 0 Å². The van der Waals surface area contributed by atoms with Crippen molar-refractivity contribution in [2.24, 2.45) is 0 Å². The van der Waals surface area contributed by atoms with Crippen molar-refractivity contribution in [1.29, 1.82) is 0 Å². The van der Waals surface area contributed by atoms with Crippen molar-refractivity contribution in [1.82, 2.24) is 9.55 Å². The lowest BCUT2D eigenvalue weighted by Crippen LogP contribution is -2.20. The van der Waals surface area contributed by atoms with Crippen LogP contribution in [0.3, 0.4) is 0 Å². The Labute approximate surface area is 103 Å². The standard InChI is InChI=1S/C13H12N2O3/c16-11(17)13(4-5-13)9-2-1-3-10(8-9)15-7-6-14-12(15)18/h1-3,6-8H,4-5H2,(H,14,18)(H,16,17). The molecule has 0 amide bonds. The molecule has 2 aromatic rings. The molecular formula is C13H12N2O3. The van der Waals surface area contributed by atoms with Gasteiger partial charge in [-0.25, -0.2) is 4.79 Å². The van der Waals surface area contributed by atoms with Crippen molar-refractivity contribution in [3.63, 3.8) is 0 Å². The lowest BCUT2D eigenvalue weighted by Gasteiger charge is -2.11. The van der Waals surface area contributed by atoms with Gasteiger partial charge in [-0.15, -0.1) is 0 Å². The van der Waals surface area contributed by atoms with Crippen molar-refractivity contribution in [2.75, 3.05) is 0 Å². The van der Waals surface area contributed by atoms with Crippen LogP contribution < -0.4 is 5.69 Å². The van der Waals surface area contributed by atoms with Gasteiger partial charge in [0.15, 0.2) is 0 Å². The Bertz CT molecular complexity index is 665. The number of hydrogen-bond acceptors (Lipinski definition) is 2. The zero-order valence-corrected chi connectivity index (χ0v) is 9.59. The van der Waals surface area contributed by atoms with E-state index in [1.807, 2.05) is 6.07 Å². The second-order valence-corrected chi connectivity index (χ2v) is 4.57. The van der Waals surface area contributed by atoms with Gasteiger partial charge in [-0.05, 0) is 30.5 Å². The van der Waals surface area contributed by atoms with Crippen molar-refractivity contribution in [2.45, 2.75) is 18.3 Å². The van der Waals surface area contributed by atoms with E-state index >= 15 is 0 Å². The quantitative estimate of drug-likeness (QED) is 0.854. The van der Waals surface area contributed by atoms with Crippen LogP contribution in [0.25, 0.3) is 5.69 Å². The highest BCUT2D eigenvalue weighted by molar-refractivity contribution is 5.85. The van der Waals surface area contributed by atoms with Crippen LogP contribution in [-0.4, -0.2) is 20.6 Å². The molecule has 3 rings (SSSR count). The summed E-state index contributed by atoms with van der Waals surface area (Å²) < 4.78 is 1.46. The van der Waals surface area contributed by atoms with Gasteiger partial charge in [0.2, 0.25) is 0 Å². The molecule has 1 aliphatic rings. The fourth-order valence-corrected chi connectivity index (χ4v) is 2.23. The minimum Gasteiger partial charge on any atom is -0.481 e. The summed E-state index contributed by atoms with van der Waals surface area (Å²) >= 11 is 0. The van der Waals surface area contributed by atoms with Crippen molar-refractivity contribution in [3.8, 4) is 5.69 Å². The number of hydrogen-bond donors (Lipinski definition) is 2. The van der Waals surface area contributed by atoms with E-state index in [0.717, 1.165) is 5.56 Å². The molecule has 2 N–H and O–H groups in total. The Morgan fingerprint density at radius 3 is 2.72 bits per heavy atom. The first-order chi connectivity index (χ1) is 8.63. The zero-order valence-electron chi connectivity index (χ0n) is 9.59. The lowest BCUT2D eigenvalue weighted by atomic mass is 9.96. The Hall–Kier alpha value is -2.30. The number of nitrogens with one attached hydrogen (secondary N) is 1. The molecule has 0 radical (unpaired) electrons. The first-order valence-electron chi connectivity index (χ1n) is 5.74. The first kappa shape index (κ1) is 10.8. The average Bonchev–Trinajstić information content (AvgIpc) is 3.07. The van der Waals surface area contributed by atoms with Crippen LogP contribution in [0, 0.1) is 0 Å². The van der Waals surface area contributed by atoms with Gasteiger partial charge in [0, 0.05) is 12.4 Å². The molecule has 92 valence electrons. The first-order valence-corrected chi connectivity index (χ1v) is 5.74. The number of imidazole rings is 1. The number of carbonyl (C=O) groups is 1. The number of carboxylic acid groups (broad SMARTS) is 1. The number of aromatic nitrogens is 2. The molecule has 1 aromatic heterocycles. The lowest BCUT2D eigenvalue weighted by molar-refractivity contribution is -0.140. The molecule has 0 bridgehead atoms. The third kappa shape index (κ3) is 1.48. The topological polar surface area (TPSA) is 75.1 Å². The van der Waals surface area contributed by atoms with E-state index in [2.05, 4.69) is 4.98 Å². The maximum absolute atomic E-state index is 11.5. The van der Waals surface area contributed by atoms with Gasteiger partial charge in [-0.2, -0.15) is 0 Å². The van der Waals surface area contributed by atoms with Gasteiger partial charge in [0.25, 0.3) is 0 Å². The van der Waals surface area contributed by atoms with Gasteiger partial charge >= 0.3 is 11.7 Å². The van der Waals surface area contributed by atoms with E-state index in [1.165, 1.54) is 4.57 Å². The Morgan fingerprint density at radius 2 is 2.17 bits per heavy atom. The van der Waals surface area contributed by atoms with E-state index in [-0.39, 0.29) is 5.69 Å². The summed E-state index contributed by atoms with van der Waals surface area (Å²) in [7, 11) is 0. The van der Waals surface area contributed by atoms with Crippen LogP contribution in [-0.2, 0) is 10.2 Å². The molecule has 1 aromatic carbocycles. The molecule has 0 aliphatic heterocycles. The van der Waals surface area contributed by atoms with Crippen LogP contribution in [0.5, 0.6) is 0 Å². The molecule has 5 heteroatoms. The Morgan fingerprint density at radius 1 is 1.39 bits per heavy atom. The summed E-state index contributed by atoms with van der Waals surface area (Å²) in [6.45, 7) is 0. The van der Waals surface area contributed by atoms with E-state index in [1.54, 1.807) is 30.6 Å². The largest absolute Gasteiger partial charge is 0.481 e. The van der Waals surface area contributed by atoms with Crippen molar-refractivity contribution in [3.05, 3.63) is 52.7 Å². The number of H-pyrrole nitrogens is 1. The molecule has 0 unspecified atom stereocenters. The number of benzene rings is 1. The predicted octanol–water partition coefficient (Wildman–Crippen LogP) is 1.28. The summed E-state index contributed by atoms with van der Waals surface area (Å²) in [6.07, 6.45) is 4.50. The van der Waals surface area contributed by atoms with Gasteiger partial charge in [-0.3, -0.25) is 9.36 Å². The molecule has 18 heavy (non-hydrogen) atoms. The maximum atomic E-state index is 11.5. The molecule has 1 saturated carbocycles. The van der Waals surface area contributed by atoms with E-state index in [9.17, 15) is 14.7 Å². The minimum absolute atomic E-state index is 0.229. The number of carboxylic acids is 1. The fraction of sp³-hybridized carbons (Fsp3) is 0.231. The number of rotatable bonds is 3. The summed E-state index contributed by atoms with van der Waals surface area (Å²) in [5, 5.41) is 9.26. The highest BCUT2D eigenvalue weighted by Gasteiger charge is 2.51. The van der Waals surface area contributed by atoms with Crippen molar-refractivity contribution >= 4 is 5.97 Å². The highest BCUT2D eigenvalue weighted by Crippen LogP contribution is 2.48. The zero-order chi connectivity index (χ0) is 12.8. The normalized spacial score (nSPS) is 16.4. The SMILES string of the molecule is O=C(O)C1(c2cccc(-n3cc[nH]c3=O)c2)CC1. The number of aromatic amines is 1. The monoisotopic (exact) mass is 244 g/mol. The molecular weight excluding hydrogens is 232 g/mol. The van der Waals surface area contributed by atoms with Crippen LogP contribution in [0.2, 0.25) is 0 Å². The third-order valence-corrected chi connectivity index (χ3v) is 3.49. The van der Waals surface area contributed by atoms with Crippen LogP contribution >= 0.6 is 0 Å². The van der Waals surface area contributed by atoms with Gasteiger partial charge < -0.3 is 10.1 Å². The van der Waals surface area contributed by atoms with E-state index in [4.69, 9.17) is 0 Å². The number of nitrogens with zero attached hydrogens (tertiary/aromatic N) is 1. The predicted molar refractivity (Wildman–Crippen MR) is 64.9 cm³/mol. The van der Waals surface area contributed by atoms with Gasteiger partial charge in [0.05, 0.1) is 11.1 Å².